The Kier molecular flexibility index (Phi) is 5.60. The molecule has 3 nitrogen and oxygen atoms in total. The number of nitrogens with zero attached hydrogens (tertiary/aromatic N) is 3. The highest BCUT2D eigenvalue weighted by molar-refractivity contribution is 9.10. The van der Waals surface area contributed by atoms with Gasteiger partial charge in [0.25, 0.3) is 0 Å². The number of fused-ring (bicyclic) bond motifs is 3. The van der Waals surface area contributed by atoms with Crippen LogP contribution in [0.5, 0.6) is 0 Å². The van der Waals surface area contributed by atoms with Crippen molar-refractivity contribution in [3.05, 3.63) is 138 Å². The van der Waals surface area contributed by atoms with Crippen LogP contribution >= 0.6 is 15.9 Å². The lowest BCUT2D eigenvalue weighted by atomic mass is 9.94. The van der Waals surface area contributed by atoms with Crippen molar-refractivity contribution in [3.8, 4) is 39.2 Å². The first-order chi connectivity index (χ1) is 18.7. The standard InChI is InChI=1S/C34H22BrN3/c35-28-14-15-30-33(22-28)38(32-13-7-17-37-34(30)32)29-11-6-10-24(21-29)26-18-25(23-8-2-1-3-9-23)19-27(20-26)31-12-4-5-16-36-31/h1-22H. The van der Waals surface area contributed by atoms with Crippen LogP contribution in [-0.4, -0.2) is 14.5 Å². The van der Waals surface area contributed by atoms with Gasteiger partial charge in [-0.15, -0.1) is 0 Å². The predicted molar refractivity (Wildman–Crippen MR) is 160 cm³/mol. The first kappa shape index (κ1) is 22.6. The van der Waals surface area contributed by atoms with E-state index in [1.807, 2.05) is 30.6 Å². The molecule has 180 valence electrons. The van der Waals surface area contributed by atoms with Crippen LogP contribution in [0.4, 0.5) is 0 Å². The van der Waals surface area contributed by atoms with E-state index in [1.54, 1.807) is 0 Å². The lowest BCUT2D eigenvalue weighted by Gasteiger charge is -2.13. The summed E-state index contributed by atoms with van der Waals surface area (Å²) in [6, 6.07) is 42.5. The first-order valence-electron chi connectivity index (χ1n) is 12.5. The van der Waals surface area contributed by atoms with Crippen molar-refractivity contribution in [2.75, 3.05) is 0 Å². The molecule has 3 heterocycles. The molecule has 0 fully saturated rings. The summed E-state index contributed by atoms with van der Waals surface area (Å²) in [5.74, 6) is 0. The van der Waals surface area contributed by atoms with Gasteiger partial charge in [-0.05, 0) is 95.1 Å². The molecule has 0 aliphatic heterocycles. The van der Waals surface area contributed by atoms with E-state index in [0.717, 1.165) is 54.5 Å². The van der Waals surface area contributed by atoms with Crippen LogP contribution in [0.3, 0.4) is 0 Å². The number of rotatable bonds is 4. The van der Waals surface area contributed by atoms with E-state index in [-0.39, 0.29) is 0 Å². The van der Waals surface area contributed by atoms with E-state index in [1.165, 1.54) is 11.1 Å². The van der Waals surface area contributed by atoms with Crippen molar-refractivity contribution in [1.29, 1.82) is 0 Å². The number of pyridine rings is 2. The first-order valence-corrected chi connectivity index (χ1v) is 13.3. The van der Waals surface area contributed by atoms with E-state index < -0.39 is 0 Å². The van der Waals surface area contributed by atoms with E-state index in [4.69, 9.17) is 4.98 Å². The molecule has 0 saturated heterocycles. The maximum atomic E-state index is 4.71. The zero-order valence-corrected chi connectivity index (χ0v) is 22.0. The fourth-order valence-electron chi connectivity index (χ4n) is 5.18. The van der Waals surface area contributed by atoms with Crippen molar-refractivity contribution in [2.45, 2.75) is 0 Å². The van der Waals surface area contributed by atoms with Gasteiger partial charge < -0.3 is 4.57 Å². The Balaban J connectivity index is 1.44. The van der Waals surface area contributed by atoms with Gasteiger partial charge in [-0.1, -0.05) is 64.5 Å². The summed E-state index contributed by atoms with van der Waals surface area (Å²) >= 11 is 3.67. The van der Waals surface area contributed by atoms with Gasteiger partial charge in [0.05, 0.1) is 22.2 Å². The van der Waals surface area contributed by atoms with Gasteiger partial charge in [-0.3, -0.25) is 9.97 Å². The highest BCUT2D eigenvalue weighted by atomic mass is 79.9. The highest BCUT2D eigenvalue weighted by Gasteiger charge is 2.15. The summed E-state index contributed by atoms with van der Waals surface area (Å²) in [4.78, 5) is 9.35. The summed E-state index contributed by atoms with van der Waals surface area (Å²) in [7, 11) is 0. The number of benzene rings is 4. The minimum absolute atomic E-state index is 0.959. The third-order valence-electron chi connectivity index (χ3n) is 6.92. The van der Waals surface area contributed by atoms with Crippen molar-refractivity contribution in [2.24, 2.45) is 0 Å². The summed E-state index contributed by atoms with van der Waals surface area (Å²) in [6.45, 7) is 0. The molecule has 0 aliphatic rings. The predicted octanol–water partition coefficient (Wildman–Crippen LogP) is 9.34. The Labute approximate surface area is 229 Å². The zero-order valence-electron chi connectivity index (χ0n) is 20.4. The smallest absolute Gasteiger partial charge is 0.0963 e. The van der Waals surface area contributed by atoms with Crippen molar-refractivity contribution < 1.29 is 0 Å². The molecule has 4 heteroatoms. The summed E-state index contributed by atoms with van der Waals surface area (Å²) < 4.78 is 3.34. The Bertz CT molecular complexity index is 1870. The van der Waals surface area contributed by atoms with Crippen LogP contribution in [0.15, 0.2) is 138 Å². The van der Waals surface area contributed by atoms with Gasteiger partial charge in [0.1, 0.15) is 0 Å². The van der Waals surface area contributed by atoms with Gasteiger partial charge in [0.2, 0.25) is 0 Å². The topological polar surface area (TPSA) is 30.7 Å². The lowest BCUT2D eigenvalue weighted by molar-refractivity contribution is 1.17. The van der Waals surface area contributed by atoms with Crippen LogP contribution in [-0.2, 0) is 0 Å². The third-order valence-corrected chi connectivity index (χ3v) is 7.41. The summed E-state index contributed by atoms with van der Waals surface area (Å²) in [5.41, 5.74) is 11.0. The van der Waals surface area contributed by atoms with Crippen LogP contribution in [0.25, 0.3) is 61.1 Å². The molecule has 4 aromatic carbocycles. The normalized spacial score (nSPS) is 11.3. The SMILES string of the molecule is Brc1ccc2c3ncccc3n(-c3cccc(-c4cc(-c5ccccc5)cc(-c5ccccn5)c4)c3)c2c1. The minimum atomic E-state index is 0.959. The quantitative estimate of drug-likeness (QED) is 0.218. The van der Waals surface area contributed by atoms with Crippen LogP contribution in [0.1, 0.15) is 0 Å². The molecule has 7 rings (SSSR count). The largest absolute Gasteiger partial charge is 0.308 e. The zero-order chi connectivity index (χ0) is 25.5. The molecule has 0 spiro atoms. The van der Waals surface area contributed by atoms with E-state index in [0.29, 0.717) is 0 Å². The molecule has 0 radical (unpaired) electrons. The Morgan fingerprint density at radius 3 is 2.11 bits per heavy atom. The fraction of sp³-hybridized carbons (Fsp3) is 0. The summed E-state index contributed by atoms with van der Waals surface area (Å²) in [6.07, 6.45) is 3.71. The van der Waals surface area contributed by atoms with Crippen LogP contribution in [0, 0.1) is 0 Å². The molecule has 0 unspecified atom stereocenters. The molecule has 0 amide bonds. The third kappa shape index (κ3) is 4.00. The Morgan fingerprint density at radius 2 is 1.26 bits per heavy atom. The van der Waals surface area contributed by atoms with Gasteiger partial charge >= 0.3 is 0 Å². The molecule has 0 atom stereocenters. The molecule has 7 aromatic rings. The van der Waals surface area contributed by atoms with Gasteiger partial charge in [-0.2, -0.15) is 0 Å². The van der Waals surface area contributed by atoms with E-state index in [9.17, 15) is 0 Å². The fourth-order valence-corrected chi connectivity index (χ4v) is 5.53. The molecule has 0 saturated carbocycles. The molecule has 0 bridgehead atoms. The number of hydrogen-bond acceptors (Lipinski definition) is 2. The summed E-state index contributed by atoms with van der Waals surface area (Å²) in [5, 5.41) is 1.14. The number of halogens is 1. The molecular weight excluding hydrogens is 530 g/mol. The van der Waals surface area contributed by atoms with E-state index in [2.05, 4.69) is 129 Å². The van der Waals surface area contributed by atoms with Gasteiger partial charge in [-0.25, -0.2) is 0 Å². The lowest BCUT2D eigenvalue weighted by Crippen LogP contribution is -1.95. The molecule has 0 N–H and O–H groups in total. The van der Waals surface area contributed by atoms with Gasteiger partial charge in [0, 0.05) is 33.5 Å². The molecule has 3 aromatic heterocycles. The average Bonchev–Trinajstić information content (AvgIpc) is 3.31. The van der Waals surface area contributed by atoms with E-state index >= 15 is 0 Å². The second kappa shape index (κ2) is 9.40. The van der Waals surface area contributed by atoms with Crippen LogP contribution in [0.2, 0.25) is 0 Å². The molecular formula is C34H22BrN3. The van der Waals surface area contributed by atoms with Crippen molar-refractivity contribution >= 4 is 37.9 Å². The second-order valence-electron chi connectivity index (χ2n) is 9.30. The van der Waals surface area contributed by atoms with Gasteiger partial charge in [0.15, 0.2) is 0 Å². The van der Waals surface area contributed by atoms with Crippen molar-refractivity contribution in [3.63, 3.8) is 0 Å². The number of hydrogen-bond donors (Lipinski definition) is 0. The molecule has 38 heavy (non-hydrogen) atoms. The number of aromatic nitrogens is 3. The van der Waals surface area contributed by atoms with Crippen LogP contribution < -0.4 is 0 Å². The minimum Gasteiger partial charge on any atom is -0.308 e. The maximum absolute atomic E-state index is 4.71. The monoisotopic (exact) mass is 551 g/mol. The maximum Gasteiger partial charge on any atom is 0.0963 e. The van der Waals surface area contributed by atoms with Crippen molar-refractivity contribution in [1.82, 2.24) is 14.5 Å². The highest BCUT2D eigenvalue weighted by Crippen LogP contribution is 2.36. The second-order valence-corrected chi connectivity index (χ2v) is 10.2. The average molecular weight is 552 g/mol. The molecule has 0 aliphatic carbocycles. The Morgan fingerprint density at radius 1 is 0.500 bits per heavy atom. The Hall–Kier alpha value is -4.54.